The summed E-state index contributed by atoms with van der Waals surface area (Å²) in [6, 6.07) is 5.79. The summed E-state index contributed by atoms with van der Waals surface area (Å²) in [4.78, 5) is 23.5. The predicted molar refractivity (Wildman–Crippen MR) is 90.3 cm³/mol. The molecule has 128 valence electrons. The summed E-state index contributed by atoms with van der Waals surface area (Å²) in [5.74, 6) is 1.39. The molecule has 3 amide bonds. The van der Waals surface area contributed by atoms with Crippen LogP contribution in [0.15, 0.2) is 28.7 Å². The third kappa shape index (κ3) is 3.87. The van der Waals surface area contributed by atoms with E-state index in [9.17, 15) is 9.59 Å². The normalized spacial score (nSPS) is 11.7. The molecule has 0 saturated carbocycles. The van der Waals surface area contributed by atoms with Gasteiger partial charge in [-0.1, -0.05) is 0 Å². The van der Waals surface area contributed by atoms with E-state index in [0.29, 0.717) is 11.4 Å². The number of hydrogen-bond acceptors (Lipinski definition) is 4. The molecule has 0 radical (unpaired) electrons. The number of methoxy groups -OCH3 is 1. The summed E-state index contributed by atoms with van der Waals surface area (Å²) < 4.78 is 10.7. The van der Waals surface area contributed by atoms with Crippen LogP contribution >= 0.6 is 0 Å². The molecule has 1 heterocycles. The van der Waals surface area contributed by atoms with Gasteiger partial charge in [-0.25, -0.2) is 4.79 Å². The number of benzene rings is 1. The number of furan rings is 1. The number of anilines is 1. The van der Waals surface area contributed by atoms with Crippen LogP contribution in [-0.4, -0.2) is 19.0 Å². The molecular weight excluding hydrogens is 310 g/mol. The summed E-state index contributed by atoms with van der Waals surface area (Å²) in [6.07, 6.45) is 0. The van der Waals surface area contributed by atoms with Gasteiger partial charge >= 0.3 is 6.03 Å². The Morgan fingerprint density at radius 2 is 1.96 bits per heavy atom. The fourth-order valence-electron chi connectivity index (χ4n) is 2.47. The van der Waals surface area contributed by atoms with Crippen molar-refractivity contribution in [3.05, 3.63) is 46.9 Å². The lowest BCUT2D eigenvalue weighted by atomic mass is 10.1. The topological polar surface area (TPSA) is 107 Å². The SMILES string of the molecule is COc1ccc(C(N)=O)cc1NC(=O)NC(C)c1cc(C)oc1C. The van der Waals surface area contributed by atoms with Gasteiger partial charge in [0.2, 0.25) is 5.91 Å². The molecule has 1 atom stereocenters. The van der Waals surface area contributed by atoms with Crippen LogP contribution in [0.25, 0.3) is 0 Å². The Morgan fingerprint density at radius 1 is 1.25 bits per heavy atom. The molecule has 7 nitrogen and oxygen atoms in total. The Kier molecular flexibility index (Phi) is 5.13. The van der Waals surface area contributed by atoms with Crippen LogP contribution in [-0.2, 0) is 0 Å². The molecule has 1 aromatic heterocycles. The highest BCUT2D eigenvalue weighted by molar-refractivity contribution is 5.97. The summed E-state index contributed by atoms with van der Waals surface area (Å²) >= 11 is 0. The number of carbonyl (C=O) groups is 2. The monoisotopic (exact) mass is 331 g/mol. The van der Waals surface area contributed by atoms with Crippen LogP contribution < -0.4 is 21.1 Å². The quantitative estimate of drug-likeness (QED) is 0.783. The molecule has 4 N–H and O–H groups in total. The highest BCUT2D eigenvalue weighted by atomic mass is 16.5. The number of hydrogen-bond donors (Lipinski definition) is 3. The van der Waals surface area contributed by atoms with E-state index in [1.807, 2.05) is 26.8 Å². The van der Waals surface area contributed by atoms with E-state index in [0.717, 1.165) is 17.1 Å². The third-order valence-electron chi connectivity index (χ3n) is 3.63. The van der Waals surface area contributed by atoms with Gasteiger partial charge in [-0.2, -0.15) is 0 Å². The Labute approximate surface area is 140 Å². The van der Waals surface area contributed by atoms with Gasteiger partial charge in [-0.05, 0) is 45.0 Å². The highest BCUT2D eigenvalue weighted by Gasteiger charge is 2.16. The fourth-order valence-corrected chi connectivity index (χ4v) is 2.47. The first-order valence-corrected chi connectivity index (χ1v) is 7.44. The van der Waals surface area contributed by atoms with Crippen molar-refractivity contribution in [3.8, 4) is 5.75 Å². The second-order valence-electron chi connectivity index (χ2n) is 5.47. The number of ether oxygens (including phenoxy) is 1. The van der Waals surface area contributed by atoms with Crippen LogP contribution in [0.3, 0.4) is 0 Å². The van der Waals surface area contributed by atoms with Crippen molar-refractivity contribution < 1.29 is 18.7 Å². The number of urea groups is 1. The van der Waals surface area contributed by atoms with Crippen molar-refractivity contribution in [2.24, 2.45) is 5.73 Å². The zero-order valence-electron chi connectivity index (χ0n) is 14.1. The van der Waals surface area contributed by atoms with E-state index < -0.39 is 11.9 Å². The van der Waals surface area contributed by atoms with Crippen LogP contribution in [0.1, 0.15) is 40.4 Å². The lowest BCUT2D eigenvalue weighted by Gasteiger charge is -2.16. The third-order valence-corrected chi connectivity index (χ3v) is 3.63. The molecule has 0 aliphatic heterocycles. The van der Waals surface area contributed by atoms with Crippen molar-refractivity contribution in [1.82, 2.24) is 5.32 Å². The number of amides is 3. The number of carbonyl (C=O) groups excluding carboxylic acids is 2. The van der Waals surface area contributed by atoms with Gasteiger partial charge in [0.05, 0.1) is 18.8 Å². The maximum Gasteiger partial charge on any atom is 0.319 e. The van der Waals surface area contributed by atoms with E-state index in [1.165, 1.54) is 19.2 Å². The maximum atomic E-state index is 12.2. The fraction of sp³-hybridized carbons (Fsp3) is 0.294. The summed E-state index contributed by atoms with van der Waals surface area (Å²) in [7, 11) is 1.47. The van der Waals surface area contributed by atoms with Crippen LogP contribution in [0.2, 0.25) is 0 Å². The molecule has 7 heteroatoms. The van der Waals surface area contributed by atoms with E-state index >= 15 is 0 Å². The molecule has 1 aromatic carbocycles. The molecule has 0 saturated heterocycles. The first-order valence-electron chi connectivity index (χ1n) is 7.44. The minimum absolute atomic E-state index is 0.243. The first kappa shape index (κ1) is 17.4. The van der Waals surface area contributed by atoms with Crippen molar-refractivity contribution in [1.29, 1.82) is 0 Å². The molecule has 2 rings (SSSR count). The molecule has 1 unspecified atom stereocenters. The number of nitrogens with one attached hydrogen (secondary N) is 2. The molecule has 0 bridgehead atoms. The largest absolute Gasteiger partial charge is 0.495 e. The summed E-state index contributed by atoms with van der Waals surface area (Å²) in [5.41, 5.74) is 6.80. The van der Waals surface area contributed by atoms with Gasteiger partial charge in [0.25, 0.3) is 0 Å². The minimum Gasteiger partial charge on any atom is -0.495 e. The van der Waals surface area contributed by atoms with E-state index in [-0.39, 0.29) is 11.6 Å². The van der Waals surface area contributed by atoms with Crippen molar-refractivity contribution in [2.75, 3.05) is 12.4 Å². The van der Waals surface area contributed by atoms with E-state index in [2.05, 4.69) is 10.6 Å². The van der Waals surface area contributed by atoms with Crippen molar-refractivity contribution in [3.63, 3.8) is 0 Å². The molecule has 0 spiro atoms. The van der Waals surface area contributed by atoms with Crippen LogP contribution in [0.4, 0.5) is 10.5 Å². The van der Waals surface area contributed by atoms with Gasteiger partial charge in [0, 0.05) is 11.1 Å². The lowest BCUT2D eigenvalue weighted by Crippen LogP contribution is -2.31. The van der Waals surface area contributed by atoms with Crippen LogP contribution in [0.5, 0.6) is 5.75 Å². The van der Waals surface area contributed by atoms with E-state index in [1.54, 1.807) is 6.07 Å². The number of rotatable bonds is 5. The standard InChI is InChI=1S/C17H21N3O4/c1-9-7-13(11(3)24-9)10(2)19-17(22)20-14-8-12(16(18)21)5-6-15(14)23-4/h5-8,10H,1-4H3,(H2,18,21)(H2,19,20,22). The molecule has 2 aromatic rings. The number of nitrogens with two attached hydrogens (primary N) is 1. The van der Waals surface area contributed by atoms with Crippen LogP contribution in [0, 0.1) is 13.8 Å². The molecule has 24 heavy (non-hydrogen) atoms. The second kappa shape index (κ2) is 7.08. The Hall–Kier alpha value is -2.96. The second-order valence-corrected chi connectivity index (χ2v) is 5.47. The lowest BCUT2D eigenvalue weighted by molar-refractivity contribution is 0.1000. The average molecular weight is 331 g/mol. The smallest absolute Gasteiger partial charge is 0.319 e. The van der Waals surface area contributed by atoms with Gasteiger partial charge in [-0.3, -0.25) is 4.79 Å². The molecule has 0 aliphatic rings. The van der Waals surface area contributed by atoms with Gasteiger partial charge < -0.3 is 25.5 Å². The highest BCUT2D eigenvalue weighted by Crippen LogP contribution is 2.26. The van der Waals surface area contributed by atoms with Gasteiger partial charge in [0.1, 0.15) is 17.3 Å². The Balaban J connectivity index is 2.13. The average Bonchev–Trinajstić information content (AvgIpc) is 2.85. The molecular formula is C17H21N3O4. The van der Waals surface area contributed by atoms with E-state index in [4.69, 9.17) is 14.9 Å². The Bertz CT molecular complexity index is 767. The number of primary amides is 1. The summed E-state index contributed by atoms with van der Waals surface area (Å²) in [6.45, 7) is 5.55. The first-order chi connectivity index (χ1) is 11.3. The maximum absolute atomic E-state index is 12.2. The number of aryl methyl sites for hydroxylation is 2. The molecule has 0 fully saturated rings. The minimum atomic E-state index is -0.584. The predicted octanol–water partition coefficient (Wildman–Crippen LogP) is 2.89. The van der Waals surface area contributed by atoms with Crippen molar-refractivity contribution >= 4 is 17.6 Å². The summed E-state index contributed by atoms with van der Waals surface area (Å²) in [5, 5.41) is 5.49. The zero-order valence-corrected chi connectivity index (χ0v) is 14.1. The van der Waals surface area contributed by atoms with Crippen molar-refractivity contribution in [2.45, 2.75) is 26.8 Å². The molecule has 0 aliphatic carbocycles. The Morgan fingerprint density at radius 3 is 2.50 bits per heavy atom. The van der Waals surface area contributed by atoms with Gasteiger partial charge in [-0.15, -0.1) is 0 Å². The van der Waals surface area contributed by atoms with Gasteiger partial charge in [0.15, 0.2) is 0 Å². The zero-order chi connectivity index (χ0) is 17.9.